The van der Waals surface area contributed by atoms with Crippen molar-refractivity contribution in [1.29, 1.82) is 0 Å². The Morgan fingerprint density at radius 2 is 2.23 bits per heavy atom. The Morgan fingerprint density at radius 3 is 2.77 bits per heavy atom. The smallest absolute Gasteiger partial charge is 0.0378 e. The third-order valence-corrected chi connectivity index (χ3v) is 2.26. The van der Waals surface area contributed by atoms with Crippen LogP contribution in [-0.2, 0) is 0 Å². The molecule has 0 aliphatic rings. The molecule has 0 aromatic carbocycles. The van der Waals surface area contributed by atoms with Gasteiger partial charge in [-0.2, -0.15) is 0 Å². The van der Waals surface area contributed by atoms with Gasteiger partial charge in [-0.3, -0.25) is 0 Å². The Bertz CT molecular complexity index is 300. The van der Waals surface area contributed by atoms with Crippen LogP contribution in [0, 0.1) is 0 Å². The van der Waals surface area contributed by atoms with Crippen molar-refractivity contribution in [2.45, 2.75) is 5.92 Å². The molecule has 0 aliphatic carbocycles. The van der Waals surface area contributed by atoms with Crippen molar-refractivity contribution >= 4 is 0 Å². The Labute approximate surface area is 77.0 Å². The monoisotopic (exact) mass is 175 g/mol. The van der Waals surface area contributed by atoms with E-state index in [0.717, 1.165) is 0 Å². The third-order valence-electron chi connectivity index (χ3n) is 2.26. The van der Waals surface area contributed by atoms with E-state index < -0.39 is 0 Å². The van der Waals surface area contributed by atoms with Gasteiger partial charge in [0.25, 0.3) is 0 Å². The summed E-state index contributed by atoms with van der Waals surface area (Å²) in [6, 6.07) is 6.10. The van der Waals surface area contributed by atoms with Crippen molar-refractivity contribution < 1.29 is 0 Å². The first kappa shape index (κ1) is 8.13. The molecule has 3 heteroatoms. The summed E-state index contributed by atoms with van der Waals surface area (Å²) in [5.74, 6) is 0.279. The van der Waals surface area contributed by atoms with Gasteiger partial charge < -0.3 is 15.7 Å². The van der Waals surface area contributed by atoms with Crippen LogP contribution in [0.3, 0.4) is 0 Å². The summed E-state index contributed by atoms with van der Waals surface area (Å²) in [5, 5.41) is 0. The zero-order valence-corrected chi connectivity index (χ0v) is 7.33. The fraction of sp³-hybridized carbons (Fsp3) is 0.200. The Hall–Kier alpha value is -1.48. The molecule has 4 N–H and O–H groups in total. The first-order chi connectivity index (χ1) is 6.42. The van der Waals surface area contributed by atoms with Gasteiger partial charge in [-0.05, 0) is 23.8 Å². The number of H-pyrrole nitrogens is 2. The van der Waals surface area contributed by atoms with Gasteiger partial charge in [0.2, 0.25) is 0 Å². The third kappa shape index (κ3) is 1.51. The fourth-order valence-corrected chi connectivity index (χ4v) is 1.56. The SMILES string of the molecule is NCC(c1cc[nH]c1)c1ccc[nH]1. The minimum Gasteiger partial charge on any atom is -0.367 e. The van der Waals surface area contributed by atoms with Gasteiger partial charge in [-0.15, -0.1) is 0 Å². The van der Waals surface area contributed by atoms with E-state index in [-0.39, 0.29) is 5.92 Å². The van der Waals surface area contributed by atoms with Crippen LogP contribution in [0.2, 0.25) is 0 Å². The van der Waals surface area contributed by atoms with Crippen LogP contribution in [0.15, 0.2) is 36.8 Å². The van der Waals surface area contributed by atoms with Gasteiger partial charge in [0, 0.05) is 36.7 Å². The molecule has 0 amide bonds. The molecule has 3 nitrogen and oxygen atoms in total. The maximum absolute atomic E-state index is 5.72. The molecule has 0 saturated heterocycles. The number of aromatic amines is 2. The van der Waals surface area contributed by atoms with Crippen molar-refractivity contribution in [2.24, 2.45) is 5.73 Å². The molecule has 0 saturated carbocycles. The van der Waals surface area contributed by atoms with E-state index in [1.165, 1.54) is 11.3 Å². The Morgan fingerprint density at radius 1 is 1.31 bits per heavy atom. The van der Waals surface area contributed by atoms with Crippen LogP contribution in [0.5, 0.6) is 0 Å². The summed E-state index contributed by atoms with van der Waals surface area (Å²) in [4.78, 5) is 6.22. The molecular formula is C10H13N3. The molecule has 1 atom stereocenters. The second-order valence-electron chi connectivity index (χ2n) is 3.06. The van der Waals surface area contributed by atoms with E-state index in [2.05, 4.69) is 22.1 Å². The highest BCUT2D eigenvalue weighted by Crippen LogP contribution is 2.21. The number of rotatable bonds is 3. The van der Waals surface area contributed by atoms with Crippen LogP contribution in [0.4, 0.5) is 0 Å². The highest BCUT2D eigenvalue weighted by Gasteiger charge is 2.12. The summed E-state index contributed by atoms with van der Waals surface area (Å²) in [5.41, 5.74) is 8.12. The van der Waals surface area contributed by atoms with E-state index in [0.29, 0.717) is 6.54 Å². The first-order valence-electron chi connectivity index (χ1n) is 4.38. The molecule has 2 rings (SSSR count). The van der Waals surface area contributed by atoms with E-state index in [1.54, 1.807) is 0 Å². The van der Waals surface area contributed by atoms with E-state index in [4.69, 9.17) is 5.73 Å². The molecule has 0 bridgehead atoms. The van der Waals surface area contributed by atoms with Crippen LogP contribution in [0.25, 0.3) is 0 Å². The van der Waals surface area contributed by atoms with Crippen LogP contribution >= 0.6 is 0 Å². The largest absolute Gasteiger partial charge is 0.367 e. The number of aromatic nitrogens is 2. The number of hydrogen-bond donors (Lipinski definition) is 3. The molecule has 2 aromatic rings. The lowest BCUT2D eigenvalue weighted by Crippen LogP contribution is -2.13. The number of hydrogen-bond acceptors (Lipinski definition) is 1. The van der Waals surface area contributed by atoms with Crippen LogP contribution in [0.1, 0.15) is 17.2 Å². The van der Waals surface area contributed by atoms with Gasteiger partial charge in [-0.25, -0.2) is 0 Å². The van der Waals surface area contributed by atoms with E-state index in [1.807, 2.05) is 24.7 Å². The topological polar surface area (TPSA) is 57.6 Å². The average molecular weight is 175 g/mol. The highest BCUT2D eigenvalue weighted by molar-refractivity contribution is 5.26. The lowest BCUT2D eigenvalue weighted by molar-refractivity contribution is 0.796. The van der Waals surface area contributed by atoms with E-state index in [9.17, 15) is 0 Å². The van der Waals surface area contributed by atoms with Gasteiger partial charge in [0.15, 0.2) is 0 Å². The molecule has 2 heterocycles. The summed E-state index contributed by atoms with van der Waals surface area (Å²) >= 11 is 0. The molecule has 0 aliphatic heterocycles. The predicted octanol–water partition coefficient (Wildman–Crippen LogP) is 1.43. The maximum Gasteiger partial charge on any atom is 0.0378 e. The van der Waals surface area contributed by atoms with Crippen molar-refractivity contribution in [1.82, 2.24) is 9.97 Å². The van der Waals surface area contributed by atoms with Crippen molar-refractivity contribution in [3.63, 3.8) is 0 Å². The van der Waals surface area contributed by atoms with Crippen molar-refractivity contribution in [2.75, 3.05) is 6.54 Å². The highest BCUT2D eigenvalue weighted by atomic mass is 14.7. The minimum atomic E-state index is 0.279. The van der Waals surface area contributed by atoms with Crippen molar-refractivity contribution in [3.8, 4) is 0 Å². The zero-order valence-electron chi connectivity index (χ0n) is 7.33. The molecule has 0 radical (unpaired) electrons. The van der Waals surface area contributed by atoms with Crippen molar-refractivity contribution in [3.05, 3.63) is 48.0 Å². The summed E-state index contributed by atoms with van der Waals surface area (Å²) in [6.07, 6.45) is 5.82. The Kier molecular flexibility index (Phi) is 2.19. The zero-order chi connectivity index (χ0) is 9.10. The van der Waals surface area contributed by atoms with Crippen LogP contribution in [-0.4, -0.2) is 16.5 Å². The second kappa shape index (κ2) is 3.49. The fourth-order valence-electron chi connectivity index (χ4n) is 1.56. The van der Waals surface area contributed by atoms with Gasteiger partial charge >= 0.3 is 0 Å². The number of nitrogens with one attached hydrogen (secondary N) is 2. The summed E-state index contributed by atoms with van der Waals surface area (Å²) in [6.45, 7) is 0.623. The van der Waals surface area contributed by atoms with Gasteiger partial charge in [0.05, 0.1) is 0 Å². The number of nitrogens with two attached hydrogens (primary N) is 1. The molecule has 0 spiro atoms. The minimum absolute atomic E-state index is 0.279. The quantitative estimate of drug-likeness (QED) is 0.649. The molecule has 68 valence electrons. The van der Waals surface area contributed by atoms with Crippen LogP contribution < -0.4 is 5.73 Å². The Balaban J connectivity index is 2.29. The summed E-state index contributed by atoms with van der Waals surface area (Å²) in [7, 11) is 0. The van der Waals surface area contributed by atoms with Gasteiger partial charge in [-0.1, -0.05) is 0 Å². The lowest BCUT2D eigenvalue weighted by atomic mass is 9.99. The lowest BCUT2D eigenvalue weighted by Gasteiger charge is -2.10. The molecule has 1 unspecified atom stereocenters. The van der Waals surface area contributed by atoms with Gasteiger partial charge in [0.1, 0.15) is 0 Å². The normalized spacial score (nSPS) is 13.0. The average Bonchev–Trinajstić information content (AvgIpc) is 2.76. The molecular weight excluding hydrogens is 162 g/mol. The summed E-state index contributed by atoms with van der Waals surface area (Å²) < 4.78 is 0. The first-order valence-corrected chi connectivity index (χ1v) is 4.38. The van der Waals surface area contributed by atoms with E-state index >= 15 is 0 Å². The molecule has 0 fully saturated rings. The standard InChI is InChI=1S/C10H13N3/c11-6-9(8-3-5-12-7-8)10-2-1-4-13-10/h1-5,7,9,12-13H,6,11H2. The molecule has 2 aromatic heterocycles. The molecule has 13 heavy (non-hydrogen) atoms. The predicted molar refractivity (Wildman–Crippen MR) is 52.5 cm³/mol. The maximum atomic E-state index is 5.72. The second-order valence-corrected chi connectivity index (χ2v) is 3.06.